The second-order valence-corrected chi connectivity index (χ2v) is 7.63. The molecule has 3 heterocycles. The third-order valence-electron chi connectivity index (χ3n) is 5.65. The number of aromatic amines is 1. The molecular formula is C26H25N3O3. The first kappa shape index (κ1) is 21.2. The molecule has 4 aromatic rings. The first-order valence-electron chi connectivity index (χ1n) is 10.3. The predicted octanol–water partition coefficient (Wildman–Crippen LogP) is 4.49. The van der Waals surface area contributed by atoms with Gasteiger partial charge in [-0.15, -0.1) is 0 Å². The SMILES string of the molecule is C=Cc1c(C)c(C(=O)NCc2c(OC)cc(C)[nH]c2=O)cc2c(-c3ccccc3)ccn12. The van der Waals surface area contributed by atoms with Crippen LogP contribution in [0.15, 0.2) is 66.1 Å². The summed E-state index contributed by atoms with van der Waals surface area (Å²) < 4.78 is 7.37. The van der Waals surface area contributed by atoms with Gasteiger partial charge in [-0.1, -0.05) is 36.9 Å². The molecule has 1 amide bonds. The lowest BCUT2D eigenvalue weighted by atomic mass is 10.0. The molecule has 6 nitrogen and oxygen atoms in total. The topological polar surface area (TPSA) is 75.6 Å². The summed E-state index contributed by atoms with van der Waals surface area (Å²) in [6.45, 7) is 7.68. The molecule has 162 valence electrons. The number of nitrogens with one attached hydrogen (secondary N) is 2. The molecule has 2 N–H and O–H groups in total. The Morgan fingerprint density at radius 2 is 1.94 bits per heavy atom. The number of carbonyl (C=O) groups is 1. The largest absolute Gasteiger partial charge is 0.496 e. The molecule has 0 fully saturated rings. The summed E-state index contributed by atoms with van der Waals surface area (Å²) in [4.78, 5) is 28.3. The van der Waals surface area contributed by atoms with Crippen molar-refractivity contribution in [3.63, 3.8) is 0 Å². The fraction of sp³-hybridized carbons (Fsp3) is 0.154. The Bertz CT molecular complexity index is 1380. The van der Waals surface area contributed by atoms with Crippen molar-refractivity contribution in [3.05, 3.63) is 99.7 Å². The Morgan fingerprint density at radius 1 is 1.19 bits per heavy atom. The number of pyridine rings is 2. The molecule has 0 unspecified atom stereocenters. The van der Waals surface area contributed by atoms with E-state index >= 15 is 0 Å². The predicted molar refractivity (Wildman–Crippen MR) is 127 cm³/mol. The van der Waals surface area contributed by atoms with Gasteiger partial charge in [0.05, 0.1) is 24.7 Å². The molecule has 0 aliphatic heterocycles. The summed E-state index contributed by atoms with van der Waals surface area (Å²) in [5.74, 6) is 0.179. The van der Waals surface area contributed by atoms with Crippen LogP contribution in [0.4, 0.5) is 0 Å². The molecule has 6 heteroatoms. The summed E-state index contributed by atoms with van der Waals surface area (Å²) in [6, 6.07) is 15.7. The van der Waals surface area contributed by atoms with Crippen LogP contribution < -0.4 is 15.6 Å². The van der Waals surface area contributed by atoms with E-state index in [1.807, 2.05) is 60.0 Å². The zero-order valence-electron chi connectivity index (χ0n) is 18.4. The number of H-pyrrole nitrogens is 1. The lowest BCUT2D eigenvalue weighted by molar-refractivity contribution is 0.0950. The van der Waals surface area contributed by atoms with Gasteiger partial charge in [0.2, 0.25) is 0 Å². The molecule has 0 spiro atoms. The Kier molecular flexibility index (Phi) is 5.69. The van der Waals surface area contributed by atoms with E-state index in [2.05, 4.69) is 16.9 Å². The van der Waals surface area contributed by atoms with Gasteiger partial charge in [0.15, 0.2) is 0 Å². The zero-order chi connectivity index (χ0) is 22.8. The van der Waals surface area contributed by atoms with Crippen molar-refractivity contribution in [2.24, 2.45) is 0 Å². The third kappa shape index (κ3) is 3.71. The zero-order valence-corrected chi connectivity index (χ0v) is 18.4. The van der Waals surface area contributed by atoms with Gasteiger partial charge >= 0.3 is 0 Å². The molecule has 0 atom stereocenters. The minimum Gasteiger partial charge on any atom is -0.496 e. The first-order valence-corrected chi connectivity index (χ1v) is 10.3. The maximum Gasteiger partial charge on any atom is 0.256 e. The highest BCUT2D eigenvalue weighted by Gasteiger charge is 2.18. The van der Waals surface area contributed by atoms with Gasteiger partial charge < -0.3 is 19.4 Å². The second kappa shape index (κ2) is 8.59. The molecule has 0 saturated carbocycles. The fourth-order valence-corrected chi connectivity index (χ4v) is 4.01. The smallest absolute Gasteiger partial charge is 0.256 e. The van der Waals surface area contributed by atoms with Crippen LogP contribution in [0.1, 0.15) is 32.9 Å². The van der Waals surface area contributed by atoms with Crippen LogP contribution >= 0.6 is 0 Å². The van der Waals surface area contributed by atoms with E-state index in [1.54, 1.807) is 19.1 Å². The average molecular weight is 428 g/mol. The lowest BCUT2D eigenvalue weighted by Gasteiger charge is -2.14. The number of nitrogens with zero attached hydrogens (tertiary/aromatic N) is 1. The van der Waals surface area contributed by atoms with E-state index in [9.17, 15) is 9.59 Å². The maximum absolute atomic E-state index is 13.2. The number of methoxy groups -OCH3 is 1. The van der Waals surface area contributed by atoms with Gasteiger partial charge in [0.25, 0.3) is 11.5 Å². The molecule has 0 aliphatic carbocycles. The van der Waals surface area contributed by atoms with Crippen molar-refractivity contribution in [2.75, 3.05) is 7.11 Å². The standard InChI is InChI=1S/C26H25N3O3/c1-5-22-17(3)20(14-23-19(11-12-29(22)23)18-9-7-6-8-10-18)25(30)27-15-21-24(32-4)13-16(2)28-26(21)31/h5-14H,1,15H2,2-4H3,(H,27,30)(H,28,31). The molecule has 0 aliphatic rings. The number of hydrogen-bond donors (Lipinski definition) is 2. The molecule has 0 bridgehead atoms. The van der Waals surface area contributed by atoms with Crippen molar-refractivity contribution in [1.29, 1.82) is 0 Å². The fourth-order valence-electron chi connectivity index (χ4n) is 4.01. The molecule has 3 aromatic heterocycles. The van der Waals surface area contributed by atoms with E-state index in [-0.39, 0.29) is 18.0 Å². The summed E-state index contributed by atoms with van der Waals surface area (Å²) in [7, 11) is 1.51. The van der Waals surface area contributed by atoms with E-state index in [4.69, 9.17) is 4.74 Å². The van der Waals surface area contributed by atoms with E-state index < -0.39 is 0 Å². The van der Waals surface area contributed by atoms with Crippen LogP contribution in [0.2, 0.25) is 0 Å². The number of benzene rings is 1. The Morgan fingerprint density at radius 3 is 2.62 bits per heavy atom. The number of fused-ring (bicyclic) bond motifs is 1. The van der Waals surface area contributed by atoms with Gasteiger partial charge in [-0.25, -0.2) is 0 Å². The normalized spacial score (nSPS) is 10.8. The van der Waals surface area contributed by atoms with Crippen LogP contribution in [0.25, 0.3) is 22.7 Å². The number of hydrogen-bond acceptors (Lipinski definition) is 3. The number of aryl methyl sites for hydroxylation is 1. The Balaban J connectivity index is 1.74. The van der Waals surface area contributed by atoms with Gasteiger partial charge in [0, 0.05) is 28.7 Å². The summed E-state index contributed by atoms with van der Waals surface area (Å²) in [6.07, 6.45) is 3.74. The minimum atomic E-state index is -0.279. The van der Waals surface area contributed by atoms with Crippen LogP contribution in [0, 0.1) is 13.8 Å². The summed E-state index contributed by atoms with van der Waals surface area (Å²) >= 11 is 0. The van der Waals surface area contributed by atoms with Crippen LogP contribution in [0.5, 0.6) is 5.75 Å². The van der Waals surface area contributed by atoms with Crippen molar-refractivity contribution in [3.8, 4) is 16.9 Å². The molecule has 32 heavy (non-hydrogen) atoms. The van der Waals surface area contributed by atoms with Gasteiger partial charge in [-0.2, -0.15) is 0 Å². The Hall–Kier alpha value is -4.06. The summed E-state index contributed by atoms with van der Waals surface area (Å²) in [5.41, 5.74) is 5.99. The van der Waals surface area contributed by atoms with Gasteiger partial charge in [-0.3, -0.25) is 9.59 Å². The van der Waals surface area contributed by atoms with Gasteiger partial charge in [-0.05, 0) is 49.2 Å². The average Bonchev–Trinajstić information content (AvgIpc) is 3.21. The quantitative estimate of drug-likeness (QED) is 0.476. The van der Waals surface area contributed by atoms with Crippen molar-refractivity contribution in [2.45, 2.75) is 20.4 Å². The lowest BCUT2D eigenvalue weighted by Crippen LogP contribution is -2.28. The maximum atomic E-state index is 13.2. The molecular weight excluding hydrogens is 402 g/mol. The molecule has 1 aromatic carbocycles. The van der Waals surface area contributed by atoms with Crippen LogP contribution in [-0.4, -0.2) is 22.4 Å². The Labute approximate surface area is 186 Å². The number of carbonyl (C=O) groups excluding carboxylic acids is 1. The third-order valence-corrected chi connectivity index (χ3v) is 5.65. The van der Waals surface area contributed by atoms with E-state index in [1.165, 1.54) is 7.11 Å². The van der Waals surface area contributed by atoms with Crippen LogP contribution in [0.3, 0.4) is 0 Å². The molecule has 0 saturated heterocycles. The number of ether oxygens (including phenoxy) is 1. The highest BCUT2D eigenvalue weighted by molar-refractivity contribution is 5.99. The molecule has 0 radical (unpaired) electrons. The van der Waals surface area contributed by atoms with Gasteiger partial charge in [0.1, 0.15) is 5.75 Å². The number of rotatable bonds is 6. The monoisotopic (exact) mass is 427 g/mol. The summed E-state index contributed by atoms with van der Waals surface area (Å²) in [5, 5.41) is 2.88. The number of amides is 1. The number of aromatic nitrogens is 2. The molecule has 4 rings (SSSR count). The minimum absolute atomic E-state index is 0.0538. The second-order valence-electron chi connectivity index (χ2n) is 7.63. The van der Waals surface area contributed by atoms with E-state index in [0.29, 0.717) is 22.6 Å². The van der Waals surface area contributed by atoms with Crippen LogP contribution in [-0.2, 0) is 6.54 Å². The highest BCUT2D eigenvalue weighted by atomic mass is 16.5. The first-order chi connectivity index (χ1) is 15.4. The highest BCUT2D eigenvalue weighted by Crippen LogP contribution is 2.30. The van der Waals surface area contributed by atoms with Crippen molar-refractivity contribution < 1.29 is 9.53 Å². The van der Waals surface area contributed by atoms with E-state index in [0.717, 1.165) is 27.9 Å². The van der Waals surface area contributed by atoms with Crippen molar-refractivity contribution in [1.82, 2.24) is 14.7 Å². The van der Waals surface area contributed by atoms with Crippen molar-refractivity contribution >= 4 is 17.5 Å².